The molecule has 1 aromatic carbocycles. The first-order valence-electron chi connectivity index (χ1n) is 7.10. The van der Waals surface area contributed by atoms with Crippen molar-refractivity contribution < 1.29 is 4.39 Å². The molecule has 0 amide bonds. The van der Waals surface area contributed by atoms with Crippen LogP contribution in [0.25, 0.3) is 0 Å². The van der Waals surface area contributed by atoms with Crippen molar-refractivity contribution in [2.45, 2.75) is 52.1 Å². The lowest BCUT2D eigenvalue weighted by molar-refractivity contribution is 0.155. The van der Waals surface area contributed by atoms with Crippen LogP contribution in [0.4, 0.5) is 4.39 Å². The van der Waals surface area contributed by atoms with Gasteiger partial charge in [-0.3, -0.25) is 5.41 Å². The molecule has 2 aliphatic rings. The third-order valence-corrected chi connectivity index (χ3v) is 4.70. The fourth-order valence-electron chi connectivity index (χ4n) is 3.33. The van der Waals surface area contributed by atoms with E-state index in [1.54, 1.807) is 0 Å². The van der Waals surface area contributed by atoms with Crippen LogP contribution in [0.15, 0.2) is 18.2 Å². The van der Waals surface area contributed by atoms with Gasteiger partial charge in [-0.25, -0.2) is 4.39 Å². The monoisotopic (exact) mass is 260 g/mol. The highest BCUT2D eigenvalue weighted by molar-refractivity contribution is 6.00. The molecule has 1 N–H and O–H groups in total. The lowest BCUT2D eigenvalue weighted by atomic mass is 9.75. The number of amidine groups is 1. The van der Waals surface area contributed by atoms with Crippen molar-refractivity contribution in [3.05, 3.63) is 35.1 Å². The summed E-state index contributed by atoms with van der Waals surface area (Å²) in [6.45, 7) is 5.42. The molecule has 19 heavy (non-hydrogen) atoms. The van der Waals surface area contributed by atoms with Gasteiger partial charge in [-0.1, -0.05) is 19.9 Å². The first kappa shape index (κ1) is 12.6. The van der Waals surface area contributed by atoms with Crippen molar-refractivity contribution in [2.24, 2.45) is 5.41 Å². The van der Waals surface area contributed by atoms with Crippen LogP contribution in [-0.2, 0) is 6.54 Å². The SMILES string of the molecule is CC1(C)CCC(N2Cc3ccc(F)cc3C2=N)CC1. The standard InChI is InChI=1S/C16H21FN2/c1-16(2)7-5-13(6-8-16)19-10-11-3-4-12(17)9-14(11)15(19)18/h3-4,9,13,18H,5-8,10H2,1-2H3. The number of hydrogen-bond donors (Lipinski definition) is 1. The largest absolute Gasteiger partial charge is 0.349 e. The van der Waals surface area contributed by atoms with Crippen molar-refractivity contribution in [1.29, 1.82) is 5.41 Å². The van der Waals surface area contributed by atoms with E-state index in [9.17, 15) is 4.39 Å². The molecule has 1 aromatic rings. The molecule has 1 heterocycles. The minimum Gasteiger partial charge on any atom is -0.349 e. The maximum absolute atomic E-state index is 13.3. The van der Waals surface area contributed by atoms with Gasteiger partial charge >= 0.3 is 0 Å². The van der Waals surface area contributed by atoms with Gasteiger partial charge in [0.1, 0.15) is 11.7 Å². The summed E-state index contributed by atoms with van der Waals surface area (Å²) in [5.41, 5.74) is 2.32. The number of nitrogens with one attached hydrogen (secondary N) is 1. The summed E-state index contributed by atoms with van der Waals surface area (Å²) < 4.78 is 13.3. The highest BCUT2D eigenvalue weighted by atomic mass is 19.1. The van der Waals surface area contributed by atoms with E-state index in [0.717, 1.165) is 30.5 Å². The molecule has 0 unspecified atom stereocenters. The van der Waals surface area contributed by atoms with Gasteiger partial charge in [0.25, 0.3) is 0 Å². The number of rotatable bonds is 1. The predicted octanol–water partition coefficient (Wildman–Crippen LogP) is 3.94. The Bertz CT molecular complexity index is 511. The molecule has 0 radical (unpaired) electrons. The second-order valence-corrected chi connectivity index (χ2v) is 6.67. The van der Waals surface area contributed by atoms with E-state index < -0.39 is 0 Å². The van der Waals surface area contributed by atoms with Gasteiger partial charge in [0.2, 0.25) is 0 Å². The van der Waals surface area contributed by atoms with E-state index in [4.69, 9.17) is 5.41 Å². The Balaban J connectivity index is 1.77. The first-order valence-corrected chi connectivity index (χ1v) is 7.10. The van der Waals surface area contributed by atoms with Crippen LogP contribution >= 0.6 is 0 Å². The topological polar surface area (TPSA) is 27.1 Å². The van der Waals surface area contributed by atoms with Crippen LogP contribution in [0.5, 0.6) is 0 Å². The summed E-state index contributed by atoms with van der Waals surface area (Å²) in [6, 6.07) is 5.28. The van der Waals surface area contributed by atoms with Crippen molar-refractivity contribution in [3.8, 4) is 0 Å². The Labute approximate surface area is 114 Å². The van der Waals surface area contributed by atoms with Crippen LogP contribution in [0.1, 0.15) is 50.7 Å². The zero-order chi connectivity index (χ0) is 13.6. The fourth-order valence-corrected chi connectivity index (χ4v) is 3.33. The molecule has 0 spiro atoms. The van der Waals surface area contributed by atoms with Gasteiger partial charge in [0.05, 0.1) is 0 Å². The highest BCUT2D eigenvalue weighted by Crippen LogP contribution is 2.39. The van der Waals surface area contributed by atoms with Crippen LogP contribution in [-0.4, -0.2) is 16.8 Å². The zero-order valence-corrected chi connectivity index (χ0v) is 11.7. The van der Waals surface area contributed by atoms with Crippen molar-refractivity contribution in [1.82, 2.24) is 4.90 Å². The Morgan fingerprint density at radius 3 is 2.63 bits per heavy atom. The van der Waals surface area contributed by atoms with Gasteiger partial charge in [0, 0.05) is 18.2 Å². The average Bonchev–Trinajstić information content (AvgIpc) is 2.67. The normalized spacial score (nSPS) is 22.7. The number of benzene rings is 1. The molecular formula is C16H21FN2. The molecule has 1 aliphatic heterocycles. The van der Waals surface area contributed by atoms with Crippen molar-refractivity contribution in [3.63, 3.8) is 0 Å². The van der Waals surface area contributed by atoms with Crippen LogP contribution in [0, 0.1) is 16.6 Å². The number of halogens is 1. The van der Waals surface area contributed by atoms with Crippen molar-refractivity contribution >= 4 is 5.84 Å². The quantitative estimate of drug-likeness (QED) is 0.813. The Morgan fingerprint density at radius 1 is 1.26 bits per heavy atom. The molecule has 0 bridgehead atoms. The maximum atomic E-state index is 13.3. The Hall–Kier alpha value is -1.38. The predicted molar refractivity (Wildman–Crippen MR) is 74.8 cm³/mol. The van der Waals surface area contributed by atoms with E-state index in [0.29, 0.717) is 17.3 Å². The lowest BCUT2D eigenvalue weighted by Crippen LogP contribution is -2.39. The molecule has 3 rings (SSSR count). The summed E-state index contributed by atoms with van der Waals surface area (Å²) >= 11 is 0. The van der Waals surface area contributed by atoms with E-state index in [-0.39, 0.29) is 5.82 Å². The van der Waals surface area contributed by atoms with E-state index in [2.05, 4.69) is 18.7 Å². The summed E-state index contributed by atoms with van der Waals surface area (Å²) in [7, 11) is 0. The molecule has 102 valence electrons. The number of hydrogen-bond acceptors (Lipinski definition) is 1. The van der Waals surface area contributed by atoms with Crippen LogP contribution < -0.4 is 0 Å². The lowest BCUT2D eigenvalue weighted by Gasteiger charge is -2.39. The van der Waals surface area contributed by atoms with E-state index in [1.807, 2.05) is 6.07 Å². The molecule has 0 aromatic heterocycles. The zero-order valence-electron chi connectivity index (χ0n) is 11.7. The fraction of sp³-hybridized carbons (Fsp3) is 0.562. The molecule has 3 heteroatoms. The molecule has 1 saturated carbocycles. The van der Waals surface area contributed by atoms with Crippen LogP contribution in [0.2, 0.25) is 0 Å². The van der Waals surface area contributed by atoms with Crippen molar-refractivity contribution in [2.75, 3.05) is 0 Å². The van der Waals surface area contributed by atoms with Gasteiger partial charge in [-0.2, -0.15) is 0 Å². The molecule has 1 aliphatic carbocycles. The smallest absolute Gasteiger partial charge is 0.129 e. The maximum Gasteiger partial charge on any atom is 0.129 e. The van der Waals surface area contributed by atoms with Crippen LogP contribution in [0.3, 0.4) is 0 Å². The molecule has 0 atom stereocenters. The molecule has 1 fully saturated rings. The number of nitrogens with zero attached hydrogens (tertiary/aromatic N) is 1. The summed E-state index contributed by atoms with van der Waals surface area (Å²) in [5, 5.41) is 8.28. The molecule has 2 nitrogen and oxygen atoms in total. The Kier molecular flexibility index (Phi) is 2.88. The third-order valence-electron chi connectivity index (χ3n) is 4.70. The highest BCUT2D eigenvalue weighted by Gasteiger charge is 2.34. The minimum atomic E-state index is -0.241. The second-order valence-electron chi connectivity index (χ2n) is 6.67. The first-order chi connectivity index (χ1) is 8.96. The molecule has 0 saturated heterocycles. The minimum absolute atomic E-state index is 0.241. The third kappa shape index (κ3) is 2.26. The van der Waals surface area contributed by atoms with E-state index >= 15 is 0 Å². The summed E-state index contributed by atoms with van der Waals surface area (Å²) in [5.74, 6) is 0.273. The van der Waals surface area contributed by atoms with Gasteiger partial charge in [0.15, 0.2) is 0 Å². The summed E-state index contributed by atoms with van der Waals surface area (Å²) in [4.78, 5) is 2.17. The number of fused-ring (bicyclic) bond motifs is 1. The van der Waals surface area contributed by atoms with E-state index in [1.165, 1.54) is 25.0 Å². The van der Waals surface area contributed by atoms with Gasteiger partial charge < -0.3 is 4.90 Å². The second kappa shape index (κ2) is 4.32. The van der Waals surface area contributed by atoms with Gasteiger partial charge in [-0.15, -0.1) is 0 Å². The summed E-state index contributed by atoms with van der Waals surface area (Å²) in [6.07, 6.45) is 4.72. The molecular weight excluding hydrogens is 239 g/mol. The van der Waals surface area contributed by atoms with Gasteiger partial charge in [-0.05, 0) is 48.8 Å². The Morgan fingerprint density at radius 2 is 1.95 bits per heavy atom. The average molecular weight is 260 g/mol.